The van der Waals surface area contributed by atoms with E-state index in [0.717, 1.165) is 106 Å². The number of para-hydroxylation sites is 3. The lowest BCUT2D eigenvalue weighted by Gasteiger charge is -2.12. The topological polar surface area (TPSA) is 53.5 Å². The number of fused-ring (bicyclic) bond motifs is 6. The molecule has 0 aliphatic carbocycles. The van der Waals surface area contributed by atoms with Crippen LogP contribution >= 0.6 is 0 Å². The van der Waals surface area contributed by atoms with Gasteiger partial charge in [-0.05, 0) is 55.7 Å². The molecule has 42 heavy (non-hydrogen) atoms. The van der Waals surface area contributed by atoms with Crippen LogP contribution in [-0.4, -0.2) is 28.7 Å². The number of hydrogen-bond acceptors (Lipinski definition) is 3. The van der Waals surface area contributed by atoms with Gasteiger partial charge in [-0.3, -0.25) is 13.7 Å². The minimum atomic E-state index is 0.870. The van der Waals surface area contributed by atoms with E-state index in [-0.39, 0.29) is 0 Å². The highest BCUT2D eigenvalue weighted by Crippen LogP contribution is 2.40. The second-order valence-corrected chi connectivity index (χ2v) is 10.9. The Hall–Kier alpha value is -4.71. The minimum absolute atomic E-state index is 0.870. The number of aromatic nitrogens is 6. The molecule has 6 heteroatoms. The van der Waals surface area contributed by atoms with E-state index in [4.69, 9.17) is 15.0 Å². The second-order valence-electron chi connectivity index (χ2n) is 10.9. The van der Waals surface area contributed by atoms with Gasteiger partial charge in [0.1, 0.15) is 50.6 Å². The van der Waals surface area contributed by atoms with Crippen LogP contribution in [0.3, 0.4) is 0 Å². The number of aryl methyl sites for hydroxylation is 3. The van der Waals surface area contributed by atoms with Gasteiger partial charge in [0.15, 0.2) is 0 Å². The van der Waals surface area contributed by atoms with Gasteiger partial charge in [-0.2, -0.15) is 0 Å². The summed E-state index contributed by atoms with van der Waals surface area (Å²) in [6.45, 7) is 6.66. The number of rotatable bonds is 9. The van der Waals surface area contributed by atoms with Gasteiger partial charge in [0.05, 0.1) is 0 Å². The fraction of sp³-hybridized carbons (Fsp3) is 0.250. The van der Waals surface area contributed by atoms with Crippen LogP contribution in [0.25, 0.3) is 50.2 Å². The highest BCUT2D eigenvalue weighted by atomic mass is 15.2. The van der Waals surface area contributed by atoms with Crippen molar-refractivity contribution in [3.05, 3.63) is 108 Å². The smallest absolute Gasteiger partial charge is 0.118 e. The molecule has 0 aliphatic rings. The summed E-state index contributed by atoms with van der Waals surface area (Å²) in [5.41, 5.74) is 9.37. The highest BCUT2D eigenvalue weighted by molar-refractivity contribution is 6.20. The Balaban J connectivity index is 1.76. The second kappa shape index (κ2) is 10.9. The average Bonchev–Trinajstić information content (AvgIpc) is 3.70. The summed E-state index contributed by atoms with van der Waals surface area (Å²) in [5, 5.41) is 0. The van der Waals surface area contributed by atoms with Crippen LogP contribution in [0.1, 0.15) is 57.5 Å². The van der Waals surface area contributed by atoms with Gasteiger partial charge in [0.2, 0.25) is 0 Å². The van der Waals surface area contributed by atoms with Crippen LogP contribution in [0.2, 0.25) is 0 Å². The zero-order valence-corrected chi connectivity index (χ0v) is 24.6. The molecule has 0 atom stereocenters. The summed E-state index contributed by atoms with van der Waals surface area (Å²) < 4.78 is 7.04. The van der Waals surface area contributed by atoms with Gasteiger partial charge in [0, 0.05) is 36.3 Å². The molecule has 0 N–H and O–H groups in total. The molecule has 0 bridgehead atoms. The molecule has 0 saturated heterocycles. The first kappa shape index (κ1) is 26.2. The van der Waals surface area contributed by atoms with E-state index in [1.807, 2.05) is 0 Å². The fourth-order valence-corrected chi connectivity index (χ4v) is 6.29. The lowest BCUT2D eigenvalue weighted by molar-refractivity contribution is 0.816. The van der Waals surface area contributed by atoms with Crippen molar-refractivity contribution in [3.8, 4) is 17.1 Å². The first-order chi connectivity index (χ1) is 20.7. The molecular weight excluding hydrogens is 516 g/mol. The molecule has 7 aromatic rings. The van der Waals surface area contributed by atoms with Crippen molar-refractivity contribution in [1.29, 1.82) is 0 Å². The molecule has 0 radical (unpaired) electrons. The summed E-state index contributed by atoms with van der Waals surface area (Å²) in [7, 11) is 0. The lowest BCUT2D eigenvalue weighted by atomic mass is 10.2. The normalized spacial score (nSPS) is 11.8. The third-order valence-corrected chi connectivity index (χ3v) is 7.98. The summed E-state index contributed by atoms with van der Waals surface area (Å²) in [6, 6.07) is 31.9. The summed E-state index contributed by atoms with van der Waals surface area (Å²) in [4.78, 5) is 16.3. The van der Waals surface area contributed by atoms with Crippen molar-refractivity contribution in [2.24, 2.45) is 0 Å². The molecule has 3 aromatic heterocycles. The zero-order chi connectivity index (χ0) is 28.6. The summed E-state index contributed by atoms with van der Waals surface area (Å²) in [6.07, 6.45) is 5.61. The Morgan fingerprint density at radius 1 is 0.405 bits per heavy atom. The molecule has 0 spiro atoms. The quantitative estimate of drug-likeness (QED) is 0.180. The Kier molecular flexibility index (Phi) is 6.82. The van der Waals surface area contributed by atoms with Crippen LogP contribution < -0.4 is 0 Å². The van der Waals surface area contributed by atoms with Crippen molar-refractivity contribution in [1.82, 2.24) is 28.7 Å². The van der Waals surface area contributed by atoms with Gasteiger partial charge < -0.3 is 0 Å². The number of benzene rings is 4. The van der Waals surface area contributed by atoms with Gasteiger partial charge in [0.25, 0.3) is 0 Å². The molecule has 210 valence electrons. The Morgan fingerprint density at radius 2 is 0.667 bits per heavy atom. The lowest BCUT2D eigenvalue weighted by Crippen LogP contribution is -2.02. The van der Waals surface area contributed by atoms with E-state index in [1.54, 1.807) is 0 Å². The van der Waals surface area contributed by atoms with Crippen LogP contribution in [0, 0.1) is 0 Å². The van der Waals surface area contributed by atoms with Crippen molar-refractivity contribution in [2.45, 2.75) is 59.3 Å². The maximum atomic E-state index is 5.43. The molecule has 7 rings (SSSR count). The maximum absolute atomic E-state index is 5.43. The molecule has 6 nitrogen and oxygen atoms in total. The first-order valence-electron chi connectivity index (χ1n) is 15.3. The molecular formula is C36H36N6. The highest BCUT2D eigenvalue weighted by Gasteiger charge is 2.28. The van der Waals surface area contributed by atoms with Gasteiger partial charge in [-0.25, -0.2) is 15.0 Å². The molecule has 0 fully saturated rings. The Labute approximate surface area is 246 Å². The number of nitrogens with zero attached hydrogens (tertiary/aromatic N) is 6. The zero-order valence-electron chi connectivity index (χ0n) is 24.6. The van der Waals surface area contributed by atoms with E-state index in [0.29, 0.717) is 0 Å². The molecule has 3 heterocycles. The van der Waals surface area contributed by atoms with Crippen molar-refractivity contribution in [2.75, 3.05) is 0 Å². The third-order valence-electron chi connectivity index (χ3n) is 7.98. The molecule has 0 saturated carbocycles. The number of hydrogen-bond donors (Lipinski definition) is 0. The van der Waals surface area contributed by atoms with Crippen LogP contribution in [-0.2, 0) is 19.3 Å². The third kappa shape index (κ3) is 4.13. The van der Waals surface area contributed by atoms with E-state index in [2.05, 4.69) is 125 Å². The van der Waals surface area contributed by atoms with Crippen molar-refractivity contribution < 1.29 is 0 Å². The minimum Gasteiger partial charge on any atom is -0.294 e. The van der Waals surface area contributed by atoms with Gasteiger partial charge >= 0.3 is 0 Å². The van der Waals surface area contributed by atoms with Crippen LogP contribution in [0.5, 0.6) is 0 Å². The van der Waals surface area contributed by atoms with Crippen LogP contribution in [0.4, 0.5) is 0 Å². The Morgan fingerprint density at radius 3 is 0.905 bits per heavy atom. The predicted octanol–water partition coefficient (Wildman–Crippen LogP) is 8.56. The molecule has 0 aliphatic heterocycles. The largest absolute Gasteiger partial charge is 0.294 e. The number of imidazole rings is 3. The fourth-order valence-electron chi connectivity index (χ4n) is 6.29. The summed E-state index contributed by atoms with van der Waals surface area (Å²) in [5.74, 6) is 3.16. The van der Waals surface area contributed by atoms with Crippen LogP contribution in [0.15, 0.2) is 91.0 Å². The van der Waals surface area contributed by atoms with Crippen molar-refractivity contribution in [3.63, 3.8) is 0 Å². The van der Waals surface area contributed by atoms with Gasteiger partial charge in [-0.15, -0.1) is 0 Å². The van der Waals surface area contributed by atoms with E-state index < -0.39 is 0 Å². The average molecular weight is 553 g/mol. The van der Waals surface area contributed by atoms with Gasteiger partial charge in [-0.1, -0.05) is 75.4 Å². The standard InChI is InChI=1S/C36H36N6/c1-4-16-28-37-31-34(40(28)25-19-10-7-11-20-25)32-36(42(29(38-32)17-5-2)27-23-14-9-15-24-27)33-35(31)41(30(39-33)18-6-3)26-21-12-8-13-22-26/h7-15,19-24H,4-6,16-18H2,1-3H3. The monoisotopic (exact) mass is 552 g/mol. The van der Waals surface area contributed by atoms with E-state index in [1.165, 1.54) is 0 Å². The molecule has 0 unspecified atom stereocenters. The SMILES string of the molecule is CCCc1nc2c(c3nc(CCC)n(-c4ccccc4)c3c3nc(CCC)n(-c4ccccc4)c23)n1-c1ccccc1. The first-order valence-corrected chi connectivity index (χ1v) is 15.3. The van der Waals surface area contributed by atoms with E-state index in [9.17, 15) is 0 Å². The van der Waals surface area contributed by atoms with E-state index >= 15 is 0 Å². The maximum Gasteiger partial charge on any atom is 0.118 e. The Bertz CT molecular complexity index is 1730. The summed E-state index contributed by atoms with van der Waals surface area (Å²) >= 11 is 0. The molecule has 0 amide bonds. The predicted molar refractivity (Wildman–Crippen MR) is 172 cm³/mol. The van der Waals surface area contributed by atoms with Crippen molar-refractivity contribution >= 4 is 33.1 Å². The molecule has 4 aromatic carbocycles.